The highest BCUT2D eigenvalue weighted by Crippen LogP contribution is 2.44. The van der Waals surface area contributed by atoms with Crippen molar-refractivity contribution in [1.82, 2.24) is 25.2 Å². The minimum Gasteiger partial charge on any atom is -0.348 e. The van der Waals surface area contributed by atoms with Crippen molar-refractivity contribution in [3.63, 3.8) is 0 Å². The van der Waals surface area contributed by atoms with Crippen LogP contribution in [0.25, 0.3) is 0 Å². The largest absolute Gasteiger partial charge is 0.348 e. The van der Waals surface area contributed by atoms with Crippen LogP contribution in [0.4, 0.5) is 23.3 Å². The van der Waals surface area contributed by atoms with Crippen molar-refractivity contribution in [3.8, 4) is 0 Å². The van der Waals surface area contributed by atoms with E-state index in [2.05, 4.69) is 64.6 Å². The smallest absolute Gasteiger partial charge is 0.256 e. The first-order valence-electron chi connectivity index (χ1n) is 14.2. The lowest BCUT2D eigenvalue weighted by Crippen LogP contribution is -2.27. The van der Waals surface area contributed by atoms with E-state index in [1.54, 1.807) is 12.3 Å². The van der Waals surface area contributed by atoms with Gasteiger partial charge in [-0.1, -0.05) is 19.1 Å². The minimum absolute atomic E-state index is 0.260. The van der Waals surface area contributed by atoms with Gasteiger partial charge in [0.2, 0.25) is 5.95 Å². The Morgan fingerprint density at radius 1 is 1.13 bits per heavy atom. The molecule has 0 bridgehead atoms. The summed E-state index contributed by atoms with van der Waals surface area (Å²) in [6.07, 6.45) is 10.1. The second-order valence-corrected chi connectivity index (χ2v) is 11.1. The molecule has 1 saturated carbocycles. The summed E-state index contributed by atoms with van der Waals surface area (Å²) >= 11 is 0. The number of nitrogens with one attached hydrogen (secondary N) is 3. The second kappa shape index (κ2) is 10.8. The average molecular weight is 524 g/mol. The van der Waals surface area contributed by atoms with Crippen molar-refractivity contribution >= 4 is 29.2 Å². The van der Waals surface area contributed by atoms with E-state index < -0.39 is 0 Å². The third-order valence-corrected chi connectivity index (χ3v) is 8.17. The number of hydrogen-bond donors (Lipinski definition) is 3. The summed E-state index contributed by atoms with van der Waals surface area (Å²) in [6, 6.07) is 8.61. The molecule has 8 heteroatoms. The van der Waals surface area contributed by atoms with Crippen molar-refractivity contribution in [2.75, 3.05) is 30.8 Å². The number of nitrogens with zero attached hydrogens (tertiary/aromatic N) is 4. The number of carbonyl (C=O) groups is 1. The molecule has 2 aromatic heterocycles. The van der Waals surface area contributed by atoms with E-state index in [4.69, 9.17) is 9.97 Å². The Hall–Kier alpha value is -3.78. The molecule has 1 amide bonds. The lowest BCUT2D eigenvalue weighted by molar-refractivity contribution is 0.0958. The van der Waals surface area contributed by atoms with Crippen molar-refractivity contribution in [2.45, 2.75) is 63.8 Å². The number of aromatic nitrogens is 3. The van der Waals surface area contributed by atoms with Crippen LogP contribution in [0.15, 0.2) is 43.1 Å². The molecular weight excluding hydrogens is 486 g/mol. The number of amides is 1. The Balaban J connectivity index is 1.32. The number of benzene rings is 1. The van der Waals surface area contributed by atoms with Crippen molar-refractivity contribution in [2.24, 2.45) is 0 Å². The fourth-order valence-electron chi connectivity index (χ4n) is 5.92. The van der Waals surface area contributed by atoms with Gasteiger partial charge in [-0.2, -0.15) is 4.98 Å². The van der Waals surface area contributed by atoms with E-state index in [-0.39, 0.29) is 5.91 Å². The molecule has 1 atom stereocenters. The van der Waals surface area contributed by atoms with Crippen LogP contribution < -0.4 is 16.0 Å². The van der Waals surface area contributed by atoms with Gasteiger partial charge in [0, 0.05) is 43.1 Å². The van der Waals surface area contributed by atoms with Crippen LogP contribution in [-0.4, -0.2) is 45.9 Å². The van der Waals surface area contributed by atoms with Gasteiger partial charge in [-0.25, -0.2) is 9.97 Å². The standard InChI is InChI=1S/C31H37N7O/c1-4-13-32-30(39)26-17-33-31(37-29(26)36-27-11-10-21-9-6-19(5-2)28(21)35-27)34-23-15-22-18-38(3)14-12-24(22)25(16-23)20-7-8-20/h4,10-11,15-17,19-20H,1,5-9,12-14,18H2,2-3H3,(H,32,39)(H2,33,34,35,36,37). The number of fused-ring (bicyclic) bond motifs is 2. The van der Waals surface area contributed by atoms with E-state index in [1.165, 1.54) is 35.1 Å². The molecule has 1 unspecified atom stereocenters. The van der Waals surface area contributed by atoms with Gasteiger partial charge in [-0.15, -0.1) is 6.58 Å². The van der Waals surface area contributed by atoms with Gasteiger partial charge in [0.05, 0.1) is 0 Å². The predicted molar refractivity (Wildman–Crippen MR) is 155 cm³/mol. The van der Waals surface area contributed by atoms with E-state index in [0.717, 1.165) is 50.2 Å². The summed E-state index contributed by atoms with van der Waals surface area (Å²) in [7, 11) is 2.17. The molecule has 0 radical (unpaired) electrons. The summed E-state index contributed by atoms with van der Waals surface area (Å²) < 4.78 is 0. The van der Waals surface area contributed by atoms with Crippen LogP contribution in [0.3, 0.4) is 0 Å². The first-order valence-corrected chi connectivity index (χ1v) is 14.2. The number of aryl methyl sites for hydroxylation is 1. The Morgan fingerprint density at radius 2 is 2.00 bits per heavy atom. The number of hydrogen-bond acceptors (Lipinski definition) is 7. The van der Waals surface area contributed by atoms with Crippen LogP contribution in [0.1, 0.15) is 82.7 Å². The summed E-state index contributed by atoms with van der Waals surface area (Å²) in [5, 5.41) is 9.61. The van der Waals surface area contributed by atoms with Gasteiger partial charge in [0.15, 0.2) is 0 Å². The maximum absolute atomic E-state index is 13.0. The van der Waals surface area contributed by atoms with Gasteiger partial charge in [-0.05, 0) is 91.9 Å². The van der Waals surface area contributed by atoms with Crippen LogP contribution >= 0.6 is 0 Å². The Bertz CT molecular complexity index is 1410. The Labute approximate surface area is 230 Å². The van der Waals surface area contributed by atoms with Gasteiger partial charge >= 0.3 is 0 Å². The number of likely N-dealkylation sites (N-methyl/N-ethyl adjacent to an activating group) is 1. The van der Waals surface area contributed by atoms with E-state index in [0.29, 0.717) is 41.5 Å². The summed E-state index contributed by atoms with van der Waals surface area (Å²) in [6.45, 7) is 8.32. The zero-order valence-corrected chi connectivity index (χ0v) is 22.9. The maximum Gasteiger partial charge on any atom is 0.256 e. The number of pyridine rings is 1. The van der Waals surface area contributed by atoms with Gasteiger partial charge in [0.25, 0.3) is 5.91 Å². The quantitative estimate of drug-likeness (QED) is 0.315. The normalized spacial score (nSPS) is 18.3. The van der Waals surface area contributed by atoms with E-state index in [1.807, 2.05) is 6.07 Å². The average Bonchev–Trinajstić information content (AvgIpc) is 3.70. The molecule has 2 aliphatic carbocycles. The molecular formula is C31H37N7O. The van der Waals surface area contributed by atoms with E-state index >= 15 is 0 Å². The summed E-state index contributed by atoms with van der Waals surface area (Å²) in [5.41, 5.74) is 8.18. The molecule has 3 heterocycles. The zero-order valence-electron chi connectivity index (χ0n) is 22.9. The lowest BCUT2D eigenvalue weighted by atomic mass is 9.91. The van der Waals surface area contributed by atoms with Gasteiger partial charge < -0.3 is 20.9 Å². The first kappa shape index (κ1) is 25.5. The maximum atomic E-state index is 13.0. The summed E-state index contributed by atoms with van der Waals surface area (Å²) in [5.74, 6) is 2.43. The number of carbonyl (C=O) groups excluding carboxylic acids is 1. The zero-order chi connectivity index (χ0) is 26.9. The first-order chi connectivity index (χ1) is 19.0. The SMILES string of the molecule is C=CCNC(=O)c1cnc(Nc2cc3c(c(C4CC4)c2)CCN(C)C3)nc1Nc1ccc2c(n1)C(CC)CC2. The molecule has 202 valence electrons. The molecule has 1 aromatic carbocycles. The Kier molecular flexibility index (Phi) is 7.04. The third kappa shape index (κ3) is 5.39. The van der Waals surface area contributed by atoms with Crippen LogP contribution in [0.5, 0.6) is 0 Å². The van der Waals surface area contributed by atoms with Crippen LogP contribution in [-0.2, 0) is 19.4 Å². The molecule has 3 aromatic rings. The topological polar surface area (TPSA) is 95.1 Å². The molecule has 0 saturated heterocycles. The highest BCUT2D eigenvalue weighted by molar-refractivity contribution is 5.99. The van der Waals surface area contributed by atoms with Crippen molar-refractivity contribution in [1.29, 1.82) is 0 Å². The third-order valence-electron chi connectivity index (χ3n) is 8.17. The highest BCUT2D eigenvalue weighted by atomic mass is 16.1. The molecule has 0 spiro atoms. The minimum atomic E-state index is -0.260. The molecule has 39 heavy (non-hydrogen) atoms. The van der Waals surface area contributed by atoms with Gasteiger partial charge in [-0.3, -0.25) is 4.79 Å². The molecule has 3 aliphatic rings. The predicted octanol–water partition coefficient (Wildman–Crippen LogP) is 5.58. The second-order valence-electron chi connectivity index (χ2n) is 11.1. The molecule has 8 nitrogen and oxygen atoms in total. The van der Waals surface area contributed by atoms with Crippen molar-refractivity contribution in [3.05, 3.63) is 76.6 Å². The fraction of sp³-hybridized carbons (Fsp3) is 0.419. The van der Waals surface area contributed by atoms with Crippen molar-refractivity contribution < 1.29 is 4.79 Å². The van der Waals surface area contributed by atoms with Crippen LogP contribution in [0, 0.1) is 0 Å². The highest BCUT2D eigenvalue weighted by Gasteiger charge is 2.29. The van der Waals surface area contributed by atoms with Gasteiger partial charge in [0.1, 0.15) is 17.2 Å². The number of anilines is 4. The lowest BCUT2D eigenvalue weighted by Gasteiger charge is -2.28. The number of rotatable bonds is 9. The molecule has 3 N–H and O–H groups in total. The van der Waals surface area contributed by atoms with E-state index in [9.17, 15) is 4.79 Å². The van der Waals surface area contributed by atoms with Crippen LogP contribution in [0.2, 0.25) is 0 Å². The summed E-state index contributed by atoms with van der Waals surface area (Å²) in [4.78, 5) is 29.6. The monoisotopic (exact) mass is 523 g/mol. The fourth-order valence-corrected chi connectivity index (χ4v) is 5.92. The molecule has 1 aliphatic heterocycles. The molecule has 6 rings (SSSR count). The molecule has 1 fully saturated rings. The Morgan fingerprint density at radius 3 is 2.79 bits per heavy atom.